The van der Waals surface area contributed by atoms with Crippen LogP contribution in [-0.2, 0) is 35.8 Å². The van der Waals surface area contributed by atoms with Gasteiger partial charge in [-0.25, -0.2) is 4.79 Å². The summed E-state index contributed by atoms with van der Waals surface area (Å²) in [6.07, 6.45) is -0.0961. The topological polar surface area (TPSA) is 90.9 Å². The van der Waals surface area contributed by atoms with Crippen LogP contribution in [0.2, 0.25) is 0 Å². The van der Waals surface area contributed by atoms with Crippen molar-refractivity contribution in [2.24, 2.45) is 0 Å². The molecule has 0 bridgehead atoms. The highest BCUT2D eigenvalue weighted by atomic mass is 127. The Balaban J connectivity index is 1.92. The number of ketones is 1. The van der Waals surface area contributed by atoms with Crippen molar-refractivity contribution < 1.29 is 28.6 Å². The second kappa shape index (κ2) is 13.7. The predicted molar refractivity (Wildman–Crippen MR) is 147 cm³/mol. The van der Waals surface area contributed by atoms with Crippen LogP contribution in [0.15, 0.2) is 54.6 Å². The fourth-order valence-electron chi connectivity index (χ4n) is 3.79. The average Bonchev–Trinajstić information content (AvgIpc) is 2.83. The van der Waals surface area contributed by atoms with Gasteiger partial charge in [-0.2, -0.15) is 0 Å². The summed E-state index contributed by atoms with van der Waals surface area (Å²) in [5.74, 6) is -0.376. The number of carbonyl (C=O) groups is 3. The first-order chi connectivity index (χ1) is 16.9. The Hall–Kier alpha value is -2.46. The number of ether oxygens (including phenoxy) is 3. The van der Waals surface area contributed by atoms with Crippen molar-refractivity contribution in [3.05, 3.63) is 69.3 Å². The number of carbonyl (C=O) groups excluding carboxylic acids is 3. The minimum atomic E-state index is -0.882. The molecular formula is C28H36INO6. The molecule has 2 aromatic rings. The summed E-state index contributed by atoms with van der Waals surface area (Å²) in [7, 11) is 0. The van der Waals surface area contributed by atoms with Crippen LogP contribution in [0.4, 0.5) is 4.79 Å². The van der Waals surface area contributed by atoms with Crippen molar-refractivity contribution in [2.75, 3.05) is 13.2 Å². The molecule has 0 aliphatic carbocycles. The van der Waals surface area contributed by atoms with E-state index < -0.39 is 29.2 Å². The van der Waals surface area contributed by atoms with Crippen molar-refractivity contribution in [3.63, 3.8) is 0 Å². The molecule has 7 nitrogen and oxygen atoms in total. The Kier molecular flexibility index (Phi) is 11.4. The molecule has 2 unspecified atom stereocenters. The normalized spacial score (nSPS) is 13.8. The first kappa shape index (κ1) is 29.8. The number of amides is 1. The van der Waals surface area contributed by atoms with Gasteiger partial charge in [0.25, 0.3) is 0 Å². The first-order valence-electron chi connectivity index (χ1n) is 12.0. The van der Waals surface area contributed by atoms with Gasteiger partial charge in [-0.05, 0) is 86.4 Å². The van der Waals surface area contributed by atoms with Crippen LogP contribution in [0.25, 0.3) is 0 Å². The number of esters is 1. The summed E-state index contributed by atoms with van der Waals surface area (Å²) in [6.45, 7) is 9.03. The van der Waals surface area contributed by atoms with Gasteiger partial charge in [0.05, 0.1) is 12.0 Å². The Morgan fingerprint density at radius 3 is 2.31 bits per heavy atom. The van der Waals surface area contributed by atoms with Crippen LogP contribution in [-0.4, -0.2) is 42.7 Å². The van der Waals surface area contributed by atoms with Crippen molar-refractivity contribution in [1.82, 2.24) is 5.32 Å². The largest absolute Gasteiger partial charge is 0.458 e. The van der Waals surface area contributed by atoms with E-state index in [4.69, 9.17) is 14.2 Å². The average molecular weight is 610 g/mol. The highest BCUT2D eigenvalue weighted by Gasteiger charge is 2.35. The molecule has 0 spiro atoms. The van der Waals surface area contributed by atoms with Gasteiger partial charge in [0.15, 0.2) is 0 Å². The lowest BCUT2D eigenvalue weighted by atomic mass is 9.75. The van der Waals surface area contributed by atoms with Gasteiger partial charge < -0.3 is 19.5 Å². The lowest BCUT2D eigenvalue weighted by Crippen LogP contribution is -2.49. The second-order valence-electron chi connectivity index (χ2n) is 9.49. The molecule has 2 aromatic carbocycles. The zero-order valence-corrected chi connectivity index (χ0v) is 23.8. The zero-order chi connectivity index (χ0) is 26.8. The lowest BCUT2D eigenvalue weighted by molar-refractivity contribution is -0.166. The van der Waals surface area contributed by atoms with E-state index in [1.807, 2.05) is 61.5 Å². The van der Waals surface area contributed by atoms with E-state index >= 15 is 0 Å². The highest BCUT2D eigenvalue weighted by Crippen LogP contribution is 2.31. The van der Waals surface area contributed by atoms with Crippen LogP contribution in [0.3, 0.4) is 0 Å². The molecule has 0 aliphatic heterocycles. The second-order valence-corrected chi connectivity index (χ2v) is 10.7. The van der Waals surface area contributed by atoms with Crippen LogP contribution < -0.4 is 5.32 Å². The van der Waals surface area contributed by atoms with Crippen LogP contribution >= 0.6 is 22.6 Å². The smallest absolute Gasteiger partial charge is 0.407 e. The molecule has 1 N–H and O–H groups in total. The van der Waals surface area contributed by atoms with Gasteiger partial charge in [0, 0.05) is 17.1 Å². The van der Waals surface area contributed by atoms with Gasteiger partial charge in [-0.3, -0.25) is 9.59 Å². The minimum Gasteiger partial charge on any atom is -0.458 e. The third-order valence-electron chi connectivity index (χ3n) is 6.26. The number of benzene rings is 2. The third kappa shape index (κ3) is 9.20. The molecule has 0 saturated carbocycles. The molecule has 36 heavy (non-hydrogen) atoms. The van der Waals surface area contributed by atoms with Crippen LogP contribution in [0.1, 0.15) is 58.6 Å². The molecule has 0 saturated heterocycles. The summed E-state index contributed by atoms with van der Waals surface area (Å²) in [4.78, 5) is 36.4. The summed E-state index contributed by atoms with van der Waals surface area (Å²) in [5, 5.41) is 2.66. The Morgan fingerprint density at radius 2 is 1.69 bits per heavy atom. The molecule has 2 rings (SSSR count). The SMILES string of the molecule is CC(=O)OC(CNC(=O)OCc1ccccc1)C(C)(C)OCCCC(C)(C(C)=O)c1cccc(I)c1. The number of hydrogen-bond donors (Lipinski definition) is 1. The van der Waals surface area contributed by atoms with E-state index in [1.165, 1.54) is 6.92 Å². The molecule has 2 atom stereocenters. The molecule has 196 valence electrons. The molecule has 0 fully saturated rings. The Bertz CT molecular complexity index is 1030. The van der Waals surface area contributed by atoms with Crippen molar-refractivity contribution in [2.45, 2.75) is 71.2 Å². The van der Waals surface area contributed by atoms with E-state index in [2.05, 4.69) is 27.9 Å². The van der Waals surface area contributed by atoms with E-state index in [0.717, 1.165) is 14.7 Å². The van der Waals surface area contributed by atoms with Crippen LogP contribution in [0, 0.1) is 3.57 Å². The van der Waals surface area contributed by atoms with E-state index in [1.54, 1.807) is 20.8 Å². The lowest BCUT2D eigenvalue weighted by Gasteiger charge is -2.34. The first-order valence-corrected chi connectivity index (χ1v) is 13.0. The number of rotatable bonds is 13. The maximum absolute atomic E-state index is 12.5. The molecule has 0 aromatic heterocycles. The summed E-state index contributed by atoms with van der Waals surface area (Å²) in [5.41, 5.74) is 0.356. The quantitative estimate of drug-likeness (QED) is 0.182. The van der Waals surface area contributed by atoms with Crippen molar-refractivity contribution >= 4 is 40.4 Å². The van der Waals surface area contributed by atoms with Gasteiger partial charge in [-0.1, -0.05) is 42.5 Å². The number of nitrogens with one attached hydrogen (secondary N) is 1. The number of halogens is 1. The zero-order valence-electron chi connectivity index (χ0n) is 21.6. The molecule has 0 heterocycles. The van der Waals surface area contributed by atoms with E-state index in [0.29, 0.717) is 19.4 Å². The minimum absolute atomic E-state index is 0.0355. The summed E-state index contributed by atoms with van der Waals surface area (Å²) in [6, 6.07) is 17.3. The standard InChI is InChI=1S/C28H36INO6/c1-20(31)28(5,23-13-9-14-24(29)17-23)15-10-16-35-27(3,4)25(36-21(2)32)18-30-26(33)34-19-22-11-7-6-8-12-22/h6-9,11-14,17,25H,10,15-16,18-19H2,1-5H3,(H,30,33). The van der Waals surface area contributed by atoms with Gasteiger partial charge >= 0.3 is 12.1 Å². The monoisotopic (exact) mass is 609 g/mol. The number of hydrogen-bond acceptors (Lipinski definition) is 6. The molecule has 0 aliphatic rings. The summed E-state index contributed by atoms with van der Waals surface area (Å²) >= 11 is 2.24. The number of Topliss-reactive ketones (excluding diaryl/α,β-unsaturated/α-hetero) is 1. The fraction of sp³-hybridized carbons (Fsp3) is 0.464. The Morgan fingerprint density at radius 1 is 1.00 bits per heavy atom. The Labute approximate surface area is 227 Å². The third-order valence-corrected chi connectivity index (χ3v) is 6.93. The summed E-state index contributed by atoms with van der Waals surface area (Å²) < 4.78 is 17.9. The number of alkyl carbamates (subject to hydrolysis) is 1. The maximum atomic E-state index is 12.5. The molecule has 0 radical (unpaired) electrons. The van der Waals surface area contributed by atoms with E-state index in [-0.39, 0.29) is 18.9 Å². The van der Waals surface area contributed by atoms with Crippen LogP contribution in [0.5, 0.6) is 0 Å². The fourth-order valence-corrected chi connectivity index (χ4v) is 4.33. The van der Waals surface area contributed by atoms with Gasteiger partial charge in [-0.15, -0.1) is 0 Å². The molecule has 8 heteroatoms. The van der Waals surface area contributed by atoms with Crippen molar-refractivity contribution in [1.29, 1.82) is 0 Å². The van der Waals surface area contributed by atoms with Gasteiger partial charge in [0.2, 0.25) is 0 Å². The van der Waals surface area contributed by atoms with Crippen molar-refractivity contribution in [3.8, 4) is 0 Å². The predicted octanol–water partition coefficient (Wildman–Crippen LogP) is 5.57. The maximum Gasteiger partial charge on any atom is 0.407 e. The molecule has 1 amide bonds. The van der Waals surface area contributed by atoms with Gasteiger partial charge in [0.1, 0.15) is 24.1 Å². The highest BCUT2D eigenvalue weighted by molar-refractivity contribution is 14.1. The molecular weight excluding hydrogens is 573 g/mol. The van der Waals surface area contributed by atoms with E-state index in [9.17, 15) is 14.4 Å².